The molecule has 0 atom stereocenters. The van der Waals surface area contributed by atoms with Crippen LogP contribution in [0, 0.1) is 0 Å². The van der Waals surface area contributed by atoms with Crippen molar-refractivity contribution < 1.29 is 14.3 Å². The molecule has 0 aliphatic rings. The van der Waals surface area contributed by atoms with Gasteiger partial charge in [0.2, 0.25) is 0 Å². The fourth-order valence-electron chi connectivity index (χ4n) is 2.03. The number of para-hydroxylation sites is 1. The summed E-state index contributed by atoms with van der Waals surface area (Å²) < 4.78 is 11.2. The van der Waals surface area contributed by atoms with Crippen molar-refractivity contribution >= 4 is 11.5 Å². The van der Waals surface area contributed by atoms with Crippen molar-refractivity contribution in [3.63, 3.8) is 0 Å². The highest BCUT2D eigenvalue weighted by atomic mass is 16.6. The molecule has 2 aromatic rings. The van der Waals surface area contributed by atoms with Crippen molar-refractivity contribution in [3.05, 3.63) is 72.3 Å². The zero-order chi connectivity index (χ0) is 16.9. The van der Waals surface area contributed by atoms with Gasteiger partial charge in [-0.05, 0) is 32.4 Å². The van der Waals surface area contributed by atoms with Gasteiger partial charge >= 0.3 is 5.97 Å². The van der Waals surface area contributed by atoms with Crippen molar-refractivity contribution in [3.8, 4) is 5.75 Å². The van der Waals surface area contributed by atoms with Gasteiger partial charge in [0.15, 0.2) is 0 Å². The highest BCUT2D eigenvalue weighted by molar-refractivity contribution is 6.16. The first-order chi connectivity index (χ1) is 10.9. The van der Waals surface area contributed by atoms with Crippen LogP contribution in [0.25, 0.3) is 5.57 Å². The molecule has 0 bridgehead atoms. The molecule has 0 saturated carbocycles. The maximum atomic E-state index is 12.2. The van der Waals surface area contributed by atoms with E-state index >= 15 is 0 Å². The molecular weight excluding hydrogens is 288 g/mol. The SMILES string of the molecule is C=C(C(=O)OC(C)(C)C)c1ccccc1OCc1ccccc1. The van der Waals surface area contributed by atoms with Crippen molar-refractivity contribution in [2.45, 2.75) is 33.0 Å². The first-order valence-electron chi connectivity index (χ1n) is 7.55. The number of hydrogen-bond acceptors (Lipinski definition) is 3. The maximum Gasteiger partial charge on any atom is 0.338 e. The topological polar surface area (TPSA) is 35.5 Å². The average molecular weight is 310 g/mol. The molecule has 0 radical (unpaired) electrons. The molecule has 0 aliphatic heterocycles. The smallest absolute Gasteiger partial charge is 0.338 e. The first kappa shape index (κ1) is 16.8. The van der Waals surface area contributed by atoms with Gasteiger partial charge in [0.25, 0.3) is 0 Å². The molecule has 0 heterocycles. The van der Waals surface area contributed by atoms with Gasteiger partial charge in [-0.25, -0.2) is 4.79 Å². The third kappa shape index (κ3) is 4.99. The van der Waals surface area contributed by atoms with E-state index in [1.165, 1.54) is 0 Å². The van der Waals surface area contributed by atoms with Crippen molar-refractivity contribution in [1.82, 2.24) is 0 Å². The Bertz CT molecular complexity index is 682. The summed E-state index contributed by atoms with van der Waals surface area (Å²) in [5.41, 5.74) is 1.45. The number of carbonyl (C=O) groups is 1. The second-order valence-corrected chi connectivity index (χ2v) is 6.25. The van der Waals surface area contributed by atoms with Crippen LogP contribution in [-0.2, 0) is 16.1 Å². The number of ether oxygens (including phenoxy) is 2. The van der Waals surface area contributed by atoms with Gasteiger partial charge < -0.3 is 9.47 Å². The maximum absolute atomic E-state index is 12.2. The van der Waals surface area contributed by atoms with Crippen LogP contribution >= 0.6 is 0 Å². The second kappa shape index (κ2) is 7.14. The third-order valence-corrected chi connectivity index (χ3v) is 3.09. The molecule has 2 rings (SSSR count). The predicted molar refractivity (Wildman–Crippen MR) is 92.1 cm³/mol. The quantitative estimate of drug-likeness (QED) is 0.597. The average Bonchev–Trinajstić information content (AvgIpc) is 2.52. The van der Waals surface area contributed by atoms with Crippen LogP contribution in [0.4, 0.5) is 0 Å². The normalized spacial score (nSPS) is 10.9. The monoisotopic (exact) mass is 310 g/mol. The number of carbonyl (C=O) groups excluding carboxylic acids is 1. The fourth-order valence-corrected chi connectivity index (χ4v) is 2.03. The molecule has 0 N–H and O–H groups in total. The molecule has 3 nitrogen and oxygen atoms in total. The highest BCUT2D eigenvalue weighted by Crippen LogP contribution is 2.27. The molecule has 120 valence electrons. The molecule has 0 spiro atoms. The molecule has 0 aliphatic carbocycles. The first-order valence-corrected chi connectivity index (χ1v) is 7.55. The number of rotatable bonds is 5. The Morgan fingerprint density at radius 1 is 1.00 bits per heavy atom. The van der Waals surface area contributed by atoms with Gasteiger partial charge in [-0.1, -0.05) is 55.1 Å². The molecule has 0 fully saturated rings. The van der Waals surface area contributed by atoms with Crippen molar-refractivity contribution in [2.24, 2.45) is 0 Å². The summed E-state index contributed by atoms with van der Waals surface area (Å²) in [7, 11) is 0. The van der Waals surface area contributed by atoms with E-state index in [4.69, 9.17) is 9.47 Å². The van der Waals surface area contributed by atoms with E-state index < -0.39 is 11.6 Å². The van der Waals surface area contributed by atoms with E-state index in [9.17, 15) is 4.79 Å². The van der Waals surface area contributed by atoms with Crippen LogP contribution in [0.1, 0.15) is 31.9 Å². The minimum absolute atomic E-state index is 0.295. The lowest BCUT2D eigenvalue weighted by molar-refractivity contribution is -0.147. The lowest BCUT2D eigenvalue weighted by Crippen LogP contribution is -2.24. The molecule has 0 aromatic heterocycles. The summed E-state index contributed by atoms with van der Waals surface area (Å²) in [6.45, 7) is 9.79. The molecule has 0 amide bonds. The van der Waals surface area contributed by atoms with E-state index in [0.717, 1.165) is 5.56 Å². The second-order valence-electron chi connectivity index (χ2n) is 6.25. The molecule has 23 heavy (non-hydrogen) atoms. The third-order valence-electron chi connectivity index (χ3n) is 3.09. The summed E-state index contributed by atoms with van der Waals surface area (Å²) in [4.78, 5) is 12.2. The molecule has 0 unspecified atom stereocenters. The minimum Gasteiger partial charge on any atom is -0.488 e. The molecule has 3 heteroatoms. The number of benzene rings is 2. The Kier molecular flexibility index (Phi) is 5.22. The van der Waals surface area contributed by atoms with Crippen LogP contribution in [0.2, 0.25) is 0 Å². The Balaban J connectivity index is 2.14. The van der Waals surface area contributed by atoms with E-state index in [0.29, 0.717) is 23.5 Å². The molecule has 2 aromatic carbocycles. The summed E-state index contributed by atoms with van der Waals surface area (Å²) in [5.74, 6) is 0.181. The minimum atomic E-state index is -0.556. The van der Waals surface area contributed by atoms with Crippen LogP contribution in [0.5, 0.6) is 5.75 Å². The summed E-state index contributed by atoms with van der Waals surface area (Å²) in [6, 6.07) is 17.2. The van der Waals surface area contributed by atoms with Crippen LogP contribution in [0.15, 0.2) is 61.2 Å². The predicted octanol–water partition coefficient (Wildman–Crippen LogP) is 4.62. The van der Waals surface area contributed by atoms with Gasteiger partial charge in [-0.15, -0.1) is 0 Å². The number of hydrogen-bond donors (Lipinski definition) is 0. The summed E-state index contributed by atoms with van der Waals surface area (Å²) >= 11 is 0. The van der Waals surface area contributed by atoms with Gasteiger partial charge in [0, 0.05) is 5.56 Å². The van der Waals surface area contributed by atoms with Crippen molar-refractivity contribution in [1.29, 1.82) is 0 Å². The van der Waals surface area contributed by atoms with Crippen LogP contribution < -0.4 is 4.74 Å². The van der Waals surface area contributed by atoms with Crippen LogP contribution in [0.3, 0.4) is 0 Å². The lowest BCUT2D eigenvalue weighted by atomic mass is 10.1. The summed E-state index contributed by atoms with van der Waals surface area (Å²) in [6.07, 6.45) is 0. The zero-order valence-corrected chi connectivity index (χ0v) is 13.8. The van der Waals surface area contributed by atoms with Gasteiger partial charge in [-0.3, -0.25) is 0 Å². The van der Waals surface area contributed by atoms with Gasteiger partial charge in [0.1, 0.15) is 18.0 Å². The van der Waals surface area contributed by atoms with E-state index in [-0.39, 0.29) is 0 Å². The van der Waals surface area contributed by atoms with E-state index in [2.05, 4.69) is 6.58 Å². The fraction of sp³-hybridized carbons (Fsp3) is 0.250. The molecule has 0 saturated heterocycles. The lowest BCUT2D eigenvalue weighted by Gasteiger charge is -2.21. The standard InChI is InChI=1S/C20H22O3/c1-15(19(21)23-20(2,3)4)17-12-8-9-13-18(17)22-14-16-10-6-5-7-11-16/h5-13H,1,14H2,2-4H3. The van der Waals surface area contributed by atoms with Gasteiger partial charge in [0.05, 0.1) is 5.57 Å². The Labute approximate surface area is 137 Å². The van der Waals surface area contributed by atoms with E-state index in [1.807, 2.05) is 75.4 Å². The van der Waals surface area contributed by atoms with Crippen molar-refractivity contribution in [2.75, 3.05) is 0 Å². The van der Waals surface area contributed by atoms with Gasteiger partial charge in [-0.2, -0.15) is 0 Å². The summed E-state index contributed by atoms with van der Waals surface area (Å²) in [5, 5.41) is 0. The highest BCUT2D eigenvalue weighted by Gasteiger charge is 2.21. The van der Waals surface area contributed by atoms with E-state index in [1.54, 1.807) is 0 Å². The largest absolute Gasteiger partial charge is 0.488 e. The van der Waals surface area contributed by atoms with Crippen LogP contribution in [-0.4, -0.2) is 11.6 Å². The Morgan fingerprint density at radius 2 is 1.61 bits per heavy atom. The number of esters is 1. The Morgan fingerprint density at radius 3 is 2.26 bits per heavy atom. The Hall–Kier alpha value is -2.55. The zero-order valence-electron chi connectivity index (χ0n) is 13.8. The molecular formula is C20H22O3.